The minimum atomic E-state index is -3.21. The number of hydrogen-bond donors (Lipinski definition) is 1. The summed E-state index contributed by atoms with van der Waals surface area (Å²) >= 11 is 0. The molecule has 3 rings (SSSR count). The van der Waals surface area contributed by atoms with Crippen LogP contribution in [-0.4, -0.2) is 55.8 Å². The van der Waals surface area contributed by atoms with Crippen LogP contribution in [0.25, 0.3) is 0 Å². The number of hydrogen-bond acceptors (Lipinski definition) is 3. The molecule has 0 spiro atoms. The highest BCUT2D eigenvalue weighted by atomic mass is 32.2. The highest BCUT2D eigenvalue weighted by Crippen LogP contribution is 2.37. The number of nitrogens with one attached hydrogen (secondary N) is 1. The Balaban J connectivity index is 1.56. The first-order chi connectivity index (χ1) is 10.1. The maximum atomic E-state index is 12.9. The second-order valence-electron chi connectivity index (χ2n) is 6.90. The molecule has 3 aliphatic rings. The van der Waals surface area contributed by atoms with Gasteiger partial charge in [0.05, 0.1) is 0 Å². The van der Waals surface area contributed by atoms with E-state index in [1.54, 1.807) is 4.31 Å². The lowest BCUT2D eigenvalue weighted by Gasteiger charge is -2.35. The molecule has 0 aromatic carbocycles. The average Bonchev–Trinajstić information content (AvgIpc) is 3.36. The fourth-order valence-electron chi connectivity index (χ4n) is 3.19. The lowest BCUT2D eigenvalue weighted by Crippen LogP contribution is -2.49. The molecule has 1 saturated heterocycles. The maximum Gasteiger partial charge on any atom is 0.282 e. The molecular weight excluding hydrogens is 286 g/mol. The fourth-order valence-corrected chi connectivity index (χ4v) is 5.15. The van der Waals surface area contributed by atoms with Crippen molar-refractivity contribution in [2.75, 3.05) is 32.7 Å². The third kappa shape index (κ3) is 3.97. The molecule has 0 aromatic rings. The predicted molar refractivity (Wildman–Crippen MR) is 84.2 cm³/mol. The first-order valence-corrected chi connectivity index (χ1v) is 9.98. The zero-order chi connectivity index (χ0) is 14.9. The molecule has 1 heterocycles. The van der Waals surface area contributed by atoms with Crippen LogP contribution < -0.4 is 5.32 Å². The number of rotatable bonds is 8. The van der Waals surface area contributed by atoms with Gasteiger partial charge in [-0.15, -0.1) is 0 Å². The molecule has 0 aromatic heterocycles. The summed E-state index contributed by atoms with van der Waals surface area (Å²) in [6, 6.07) is 0.301. The van der Waals surface area contributed by atoms with Gasteiger partial charge in [0.2, 0.25) is 0 Å². The van der Waals surface area contributed by atoms with Gasteiger partial charge in [-0.3, -0.25) is 0 Å². The van der Waals surface area contributed by atoms with Crippen molar-refractivity contribution in [3.63, 3.8) is 0 Å². The normalized spacial score (nSPS) is 25.6. The third-order valence-corrected chi connectivity index (χ3v) is 7.03. The Bertz CT molecular complexity index is 438. The first kappa shape index (κ1) is 15.7. The summed E-state index contributed by atoms with van der Waals surface area (Å²) in [5.41, 5.74) is 0. The summed E-state index contributed by atoms with van der Waals surface area (Å²) in [6.45, 7) is 6.31. The van der Waals surface area contributed by atoms with Crippen LogP contribution in [-0.2, 0) is 10.2 Å². The standard InChI is InChI=1S/C15H29N3O2S/c1-2-16-11-13-7-9-17(10-8-13)21(19,20)18(15-5-6-15)12-14-3-4-14/h13-16H,2-12H2,1H3. The van der Waals surface area contributed by atoms with Crippen molar-refractivity contribution in [3.8, 4) is 0 Å². The van der Waals surface area contributed by atoms with Gasteiger partial charge in [0.15, 0.2) is 0 Å². The Morgan fingerprint density at radius 1 is 1.05 bits per heavy atom. The molecular formula is C15H29N3O2S. The van der Waals surface area contributed by atoms with E-state index in [1.165, 1.54) is 12.8 Å². The molecule has 5 nitrogen and oxygen atoms in total. The molecule has 122 valence electrons. The second kappa shape index (κ2) is 6.52. The molecule has 0 atom stereocenters. The van der Waals surface area contributed by atoms with Gasteiger partial charge in [-0.25, -0.2) is 0 Å². The minimum absolute atomic E-state index is 0.301. The van der Waals surface area contributed by atoms with Crippen LogP contribution in [0.15, 0.2) is 0 Å². The molecule has 0 unspecified atom stereocenters. The van der Waals surface area contributed by atoms with Gasteiger partial charge in [0, 0.05) is 25.7 Å². The second-order valence-corrected chi connectivity index (χ2v) is 8.78. The van der Waals surface area contributed by atoms with Crippen LogP contribution in [0.3, 0.4) is 0 Å². The largest absolute Gasteiger partial charge is 0.317 e. The molecule has 1 N–H and O–H groups in total. The van der Waals surface area contributed by atoms with Gasteiger partial charge < -0.3 is 5.32 Å². The summed E-state index contributed by atoms with van der Waals surface area (Å²) in [4.78, 5) is 0. The molecule has 0 radical (unpaired) electrons. The highest BCUT2D eigenvalue weighted by molar-refractivity contribution is 7.86. The van der Waals surface area contributed by atoms with E-state index in [0.717, 1.165) is 45.3 Å². The summed E-state index contributed by atoms with van der Waals surface area (Å²) in [5.74, 6) is 1.26. The van der Waals surface area contributed by atoms with E-state index in [1.807, 2.05) is 4.31 Å². The zero-order valence-corrected chi connectivity index (χ0v) is 13.9. The predicted octanol–water partition coefficient (Wildman–Crippen LogP) is 1.43. The van der Waals surface area contributed by atoms with E-state index in [0.29, 0.717) is 31.0 Å². The van der Waals surface area contributed by atoms with Crippen molar-refractivity contribution in [3.05, 3.63) is 0 Å². The van der Waals surface area contributed by atoms with Crippen LogP contribution in [0.2, 0.25) is 0 Å². The maximum absolute atomic E-state index is 12.9. The van der Waals surface area contributed by atoms with Crippen molar-refractivity contribution in [1.29, 1.82) is 0 Å². The summed E-state index contributed by atoms with van der Waals surface area (Å²) in [5, 5.41) is 3.38. The molecule has 21 heavy (non-hydrogen) atoms. The highest BCUT2D eigenvalue weighted by Gasteiger charge is 2.43. The van der Waals surface area contributed by atoms with Gasteiger partial charge >= 0.3 is 0 Å². The Morgan fingerprint density at radius 2 is 1.71 bits per heavy atom. The van der Waals surface area contributed by atoms with E-state index in [2.05, 4.69) is 12.2 Å². The van der Waals surface area contributed by atoms with Crippen LogP contribution in [0, 0.1) is 11.8 Å². The fraction of sp³-hybridized carbons (Fsp3) is 1.00. The van der Waals surface area contributed by atoms with Crippen molar-refractivity contribution >= 4 is 10.2 Å². The molecule has 2 aliphatic carbocycles. The number of nitrogens with zero attached hydrogens (tertiary/aromatic N) is 2. The minimum Gasteiger partial charge on any atom is -0.317 e. The van der Waals surface area contributed by atoms with Crippen molar-refractivity contribution in [2.24, 2.45) is 11.8 Å². The molecule has 0 bridgehead atoms. The van der Waals surface area contributed by atoms with E-state index < -0.39 is 10.2 Å². The van der Waals surface area contributed by atoms with Crippen LogP contribution in [0.1, 0.15) is 45.4 Å². The summed E-state index contributed by atoms with van der Waals surface area (Å²) in [7, 11) is -3.21. The Labute approximate surface area is 129 Å². The smallest absolute Gasteiger partial charge is 0.282 e. The Morgan fingerprint density at radius 3 is 2.24 bits per heavy atom. The van der Waals surface area contributed by atoms with Gasteiger partial charge in [0.1, 0.15) is 0 Å². The van der Waals surface area contributed by atoms with E-state index in [-0.39, 0.29) is 0 Å². The Kier molecular flexibility index (Phi) is 4.88. The van der Waals surface area contributed by atoms with Crippen molar-refractivity contribution < 1.29 is 8.42 Å². The van der Waals surface area contributed by atoms with E-state index >= 15 is 0 Å². The lowest BCUT2D eigenvalue weighted by molar-refractivity contribution is 0.246. The zero-order valence-electron chi connectivity index (χ0n) is 13.1. The van der Waals surface area contributed by atoms with Gasteiger partial charge in [-0.1, -0.05) is 6.92 Å². The van der Waals surface area contributed by atoms with Crippen molar-refractivity contribution in [1.82, 2.24) is 13.9 Å². The molecule has 1 aliphatic heterocycles. The molecule has 6 heteroatoms. The van der Waals surface area contributed by atoms with Crippen LogP contribution in [0.4, 0.5) is 0 Å². The number of piperidine rings is 1. The average molecular weight is 315 g/mol. The van der Waals surface area contributed by atoms with Gasteiger partial charge in [0.25, 0.3) is 10.2 Å². The third-order valence-electron chi connectivity index (χ3n) is 4.97. The molecule has 2 saturated carbocycles. The van der Waals surface area contributed by atoms with Gasteiger partial charge in [-0.2, -0.15) is 17.0 Å². The molecule has 0 amide bonds. The summed E-state index contributed by atoms with van der Waals surface area (Å²) in [6.07, 6.45) is 6.53. The van der Waals surface area contributed by atoms with Crippen LogP contribution in [0.5, 0.6) is 0 Å². The molecule has 3 fully saturated rings. The van der Waals surface area contributed by atoms with E-state index in [4.69, 9.17) is 0 Å². The Hall–Kier alpha value is -0.170. The van der Waals surface area contributed by atoms with Crippen molar-refractivity contribution in [2.45, 2.75) is 51.5 Å². The quantitative estimate of drug-likeness (QED) is 0.737. The van der Waals surface area contributed by atoms with E-state index in [9.17, 15) is 8.42 Å². The lowest BCUT2D eigenvalue weighted by atomic mass is 9.98. The SMILES string of the molecule is CCNCC1CCN(S(=O)(=O)N(CC2CC2)C2CC2)CC1. The topological polar surface area (TPSA) is 52.7 Å². The monoisotopic (exact) mass is 315 g/mol. The first-order valence-electron chi connectivity index (χ1n) is 8.59. The summed E-state index contributed by atoms with van der Waals surface area (Å²) < 4.78 is 29.3. The van der Waals surface area contributed by atoms with Gasteiger partial charge in [-0.05, 0) is 63.5 Å². The van der Waals surface area contributed by atoms with Crippen LogP contribution >= 0.6 is 0 Å².